The molecule has 1 aromatic rings. The summed E-state index contributed by atoms with van der Waals surface area (Å²) in [5.41, 5.74) is 0.232. The van der Waals surface area contributed by atoms with Crippen molar-refractivity contribution in [2.24, 2.45) is 5.92 Å². The summed E-state index contributed by atoms with van der Waals surface area (Å²) < 4.78 is 5.36. The Kier molecular flexibility index (Phi) is 3.09. The molecule has 1 aliphatic rings. The van der Waals surface area contributed by atoms with Crippen molar-refractivity contribution in [3.05, 3.63) is 29.8 Å². The Morgan fingerprint density at radius 2 is 2.00 bits per heavy atom. The zero-order valence-corrected chi connectivity index (χ0v) is 10.3. The molecular weight excluding hydrogens is 216 g/mol. The van der Waals surface area contributed by atoms with Gasteiger partial charge in [-0.05, 0) is 43.4 Å². The Bertz CT molecular complexity index is 402. The van der Waals surface area contributed by atoms with Gasteiger partial charge in [0.05, 0.1) is 12.0 Å². The Hall–Kier alpha value is -1.51. The number of hydrogen-bond donors (Lipinski definition) is 1. The lowest BCUT2D eigenvalue weighted by atomic mass is 9.59. The maximum Gasteiger partial charge on any atom is 0.314 e. The lowest BCUT2D eigenvalue weighted by Crippen LogP contribution is -2.46. The van der Waals surface area contributed by atoms with E-state index in [0.717, 1.165) is 24.2 Å². The summed E-state index contributed by atoms with van der Waals surface area (Å²) in [5.74, 6) is 0.585. The predicted octanol–water partition coefficient (Wildman–Crippen LogP) is 2.84. The van der Waals surface area contributed by atoms with E-state index in [2.05, 4.69) is 6.92 Å². The van der Waals surface area contributed by atoms with Crippen LogP contribution < -0.4 is 4.74 Å². The molecular formula is C14H18O3. The molecule has 0 amide bonds. The molecule has 0 spiro atoms. The van der Waals surface area contributed by atoms with Crippen LogP contribution in [-0.2, 0) is 10.2 Å². The first-order chi connectivity index (χ1) is 8.08. The van der Waals surface area contributed by atoms with E-state index in [9.17, 15) is 9.90 Å². The summed E-state index contributed by atoms with van der Waals surface area (Å²) in [6.07, 6.45) is 1.46. The van der Waals surface area contributed by atoms with Crippen LogP contribution in [0, 0.1) is 5.92 Å². The second kappa shape index (κ2) is 4.40. The number of carbonyl (C=O) groups is 1. The summed E-state index contributed by atoms with van der Waals surface area (Å²) in [6, 6.07) is 7.47. The van der Waals surface area contributed by atoms with Crippen LogP contribution in [0.2, 0.25) is 0 Å². The van der Waals surface area contributed by atoms with Crippen LogP contribution in [-0.4, -0.2) is 17.7 Å². The summed E-state index contributed by atoms with van der Waals surface area (Å²) in [6.45, 7) is 4.65. The Morgan fingerprint density at radius 3 is 2.41 bits per heavy atom. The number of ether oxygens (including phenoxy) is 1. The third-order valence-corrected chi connectivity index (χ3v) is 3.52. The summed E-state index contributed by atoms with van der Waals surface area (Å²) in [5, 5.41) is 9.40. The molecule has 3 nitrogen and oxygen atoms in total. The fourth-order valence-electron chi connectivity index (χ4n) is 2.70. The van der Waals surface area contributed by atoms with Crippen LogP contribution in [0.4, 0.5) is 0 Å². The van der Waals surface area contributed by atoms with Crippen molar-refractivity contribution in [3.8, 4) is 5.75 Å². The maximum atomic E-state index is 11.4. The van der Waals surface area contributed by atoms with Crippen molar-refractivity contribution in [3.63, 3.8) is 0 Å². The third kappa shape index (κ3) is 2.02. The lowest BCUT2D eigenvalue weighted by molar-refractivity contribution is -0.149. The van der Waals surface area contributed by atoms with E-state index in [1.165, 1.54) is 0 Å². The molecule has 0 aromatic heterocycles. The quantitative estimate of drug-likeness (QED) is 0.871. The molecule has 1 aromatic carbocycles. The molecule has 0 bridgehead atoms. The van der Waals surface area contributed by atoms with Gasteiger partial charge in [0.15, 0.2) is 0 Å². The van der Waals surface area contributed by atoms with E-state index < -0.39 is 11.4 Å². The van der Waals surface area contributed by atoms with E-state index in [-0.39, 0.29) is 0 Å². The number of carboxylic acids is 1. The van der Waals surface area contributed by atoms with Crippen molar-refractivity contribution in [1.29, 1.82) is 0 Å². The lowest BCUT2D eigenvalue weighted by Gasteiger charge is -2.43. The van der Waals surface area contributed by atoms with Crippen LogP contribution in [0.5, 0.6) is 5.75 Å². The molecule has 0 radical (unpaired) electrons. The molecule has 92 valence electrons. The normalized spacial score (nSPS) is 27.3. The van der Waals surface area contributed by atoms with Gasteiger partial charge in [-0.25, -0.2) is 0 Å². The van der Waals surface area contributed by atoms with Crippen LogP contribution in [0.25, 0.3) is 0 Å². The highest BCUT2D eigenvalue weighted by Crippen LogP contribution is 2.48. The minimum atomic E-state index is -0.709. The van der Waals surface area contributed by atoms with E-state index in [4.69, 9.17) is 4.74 Å². The highest BCUT2D eigenvalue weighted by molar-refractivity contribution is 5.82. The summed E-state index contributed by atoms with van der Waals surface area (Å²) >= 11 is 0. The molecule has 17 heavy (non-hydrogen) atoms. The van der Waals surface area contributed by atoms with Gasteiger partial charge in [-0.1, -0.05) is 19.1 Å². The largest absolute Gasteiger partial charge is 0.494 e. The highest BCUT2D eigenvalue weighted by Gasteiger charge is 2.49. The fraction of sp³-hybridized carbons (Fsp3) is 0.500. The second-order valence-corrected chi connectivity index (χ2v) is 4.86. The Labute approximate surface area is 101 Å². The van der Waals surface area contributed by atoms with Crippen molar-refractivity contribution in [2.75, 3.05) is 6.61 Å². The third-order valence-electron chi connectivity index (χ3n) is 3.52. The molecule has 1 aliphatic carbocycles. The Morgan fingerprint density at radius 1 is 1.41 bits per heavy atom. The second-order valence-electron chi connectivity index (χ2n) is 4.86. The number of hydrogen-bond acceptors (Lipinski definition) is 2. The molecule has 0 heterocycles. The van der Waals surface area contributed by atoms with Gasteiger partial charge >= 0.3 is 5.97 Å². The van der Waals surface area contributed by atoms with E-state index >= 15 is 0 Å². The molecule has 0 aliphatic heterocycles. The molecule has 1 N–H and O–H groups in total. The highest BCUT2D eigenvalue weighted by atomic mass is 16.5. The van der Waals surface area contributed by atoms with Crippen LogP contribution >= 0.6 is 0 Å². The fourth-order valence-corrected chi connectivity index (χ4v) is 2.70. The first kappa shape index (κ1) is 12.0. The van der Waals surface area contributed by atoms with Crippen molar-refractivity contribution < 1.29 is 14.6 Å². The maximum absolute atomic E-state index is 11.4. The standard InChI is InChI=1S/C14H18O3/c1-3-17-12-6-4-11(5-7-12)14(13(15)16)8-10(2)9-14/h4-7,10H,3,8-9H2,1-2H3,(H,15,16). The first-order valence-corrected chi connectivity index (χ1v) is 6.05. The zero-order chi connectivity index (χ0) is 12.5. The smallest absolute Gasteiger partial charge is 0.314 e. The average molecular weight is 234 g/mol. The number of rotatable bonds is 4. The molecule has 2 rings (SSSR count). The minimum absolute atomic E-state index is 0.498. The van der Waals surface area contributed by atoms with E-state index in [1.54, 1.807) is 0 Å². The van der Waals surface area contributed by atoms with Crippen molar-refractivity contribution >= 4 is 5.97 Å². The molecule has 0 atom stereocenters. The van der Waals surface area contributed by atoms with Gasteiger partial charge in [-0.2, -0.15) is 0 Å². The van der Waals surface area contributed by atoms with E-state index in [1.807, 2.05) is 31.2 Å². The number of aliphatic carboxylic acids is 1. The van der Waals surface area contributed by atoms with Crippen molar-refractivity contribution in [2.45, 2.75) is 32.1 Å². The number of carboxylic acid groups (broad SMARTS) is 1. The van der Waals surface area contributed by atoms with Gasteiger partial charge in [0, 0.05) is 0 Å². The number of benzene rings is 1. The minimum Gasteiger partial charge on any atom is -0.494 e. The first-order valence-electron chi connectivity index (χ1n) is 6.05. The van der Waals surface area contributed by atoms with Gasteiger partial charge in [0.1, 0.15) is 5.75 Å². The molecule has 1 fully saturated rings. The summed E-state index contributed by atoms with van der Waals surface area (Å²) in [4.78, 5) is 11.4. The van der Waals surface area contributed by atoms with Crippen LogP contribution in [0.1, 0.15) is 32.3 Å². The van der Waals surface area contributed by atoms with Gasteiger partial charge in [0.2, 0.25) is 0 Å². The monoisotopic (exact) mass is 234 g/mol. The van der Waals surface area contributed by atoms with Crippen molar-refractivity contribution in [1.82, 2.24) is 0 Å². The van der Waals surface area contributed by atoms with Gasteiger partial charge in [0.25, 0.3) is 0 Å². The topological polar surface area (TPSA) is 46.5 Å². The van der Waals surface area contributed by atoms with Crippen LogP contribution in [0.15, 0.2) is 24.3 Å². The molecule has 0 unspecified atom stereocenters. The summed E-state index contributed by atoms with van der Waals surface area (Å²) in [7, 11) is 0. The predicted molar refractivity (Wildman–Crippen MR) is 65.3 cm³/mol. The average Bonchev–Trinajstić information content (AvgIpc) is 2.26. The van der Waals surface area contributed by atoms with Gasteiger partial charge < -0.3 is 9.84 Å². The molecule has 3 heteroatoms. The van der Waals surface area contributed by atoms with E-state index in [0.29, 0.717) is 12.5 Å². The Balaban J connectivity index is 2.23. The molecule has 0 saturated heterocycles. The molecule has 1 saturated carbocycles. The zero-order valence-electron chi connectivity index (χ0n) is 10.3. The van der Waals surface area contributed by atoms with Crippen LogP contribution in [0.3, 0.4) is 0 Å². The van der Waals surface area contributed by atoms with Gasteiger partial charge in [-0.15, -0.1) is 0 Å². The SMILES string of the molecule is CCOc1ccc(C2(C(=O)O)CC(C)C2)cc1. The van der Waals surface area contributed by atoms with Gasteiger partial charge in [-0.3, -0.25) is 4.79 Å².